The average Bonchev–Trinajstić information content (AvgIpc) is 3.23. The predicted molar refractivity (Wildman–Crippen MR) is 95.5 cm³/mol. The molecule has 0 aliphatic rings. The van der Waals surface area contributed by atoms with E-state index in [0.717, 1.165) is 22.8 Å². The van der Waals surface area contributed by atoms with Crippen molar-refractivity contribution >= 4 is 6.03 Å². The number of para-hydroxylation sites is 1. The normalized spacial score (nSPS) is 11.9. The zero-order chi connectivity index (χ0) is 17.6. The SMILES string of the molecule is Cc1cc(C[C@H](C)NC(=O)NCc2ccco2)n(-c2ccccc2)n1. The van der Waals surface area contributed by atoms with Gasteiger partial charge in [-0.3, -0.25) is 0 Å². The monoisotopic (exact) mass is 338 g/mol. The summed E-state index contributed by atoms with van der Waals surface area (Å²) in [6.45, 7) is 4.31. The van der Waals surface area contributed by atoms with E-state index in [9.17, 15) is 4.79 Å². The van der Waals surface area contributed by atoms with Gasteiger partial charge in [0.2, 0.25) is 0 Å². The van der Waals surface area contributed by atoms with Gasteiger partial charge in [0.25, 0.3) is 0 Å². The van der Waals surface area contributed by atoms with Crippen molar-refractivity contribution in [2.75, 3.05) is 0 Å². The van der Waals surface area contributed by atoms with Crippen LogP contribution in [0.15, 0.2) is 59.2 Å². The molecule has 0 unspecified atom stereocenters. The van der Waals surface area contributed by atoms with E-state index in [4.69, 9.17) is 4.42 Å². The minimum atomic E-state index is -0.216. The van der Waals surface area contributed by atoms with E-state index >= 15 is 0 Å². The minimum absolute atomic E-state index is 0.0323. The summed E-state index contributed by atoms with van der Waals surface area (Å²) in [5, 5.41) is 10.3. The van der Waals surface area contributed by atoms with E-state index in [1.165, 1.54) is 0 Å². The second kappa shape index (κ2) is 7.70. The Hall–Kier alpha value is -3.02. The molecule has 0 fully saturated rings. The maximum absolute atomic E-state index is 12.0. The molecule has 25 heavy (non-hydrogen) atoms. The van der Waals surface area contributed by atoms with Crippen molar-refractivity contribution in [2.24, 2.45) is 0 Å². The standard InChI is InChI=1S/C19H22N4O2/c1-14(21-19(24)20-13-18-9-6-10-25-18)11-17-12-15(2)22-23(17)16-7-4-3-5-8-16/h3-10,12,14H,11,13H2,1-2H3,(H2,20,21,24)/t14-/m0/s1. The second-order valence-corrected chi connectivity index (χ2v) is 6.04. The molecule has 0 bridgehead atoms. The van der Waals surface area contributed by atoms with Gasteiger partial charge in [-0.05, 0) is 44.2 Å². The van der Waals surface area contributed by atoms with Crippen LogP contribution in [0.3, 0.4) is 0 Å². The fourth-order valence-corrected chi connectivity index (χ4v) is 2.71. The number of carbonyl (C=O) groups excluding carboxylic acids is 1. The first-order chi connectivity index (χ1) is 12.1. The Bertz CT molecular complexity index is 809. The van der Waals surface area contributed by atoms with E-state index < -0.39 is 0 Å². The van der Waals surface area contributed by atoms with Crippen LogP contribution in [-0.4, -0.2) is 21.9 Å². The van der Waals surface area contributed by atoms with Crippen LogP contribution in [0, 0.1) is 6.92 Å². The average molecular weight is 338 g/mol. The van der Waals surface area contributed by atoms with Gasteiger partial charge in [0.1, 0.15) is 5.76 Å². The molecule has 1 atom stereocenters. The number of aromatic nitrogens is 2. The number of furan rings is 1. The van der Waals surface area contributed by atoms with Gasteiger partial charge in [0.05, 0.1) is 24.2 Å². The lowest BCUT2D eigenvalue weighted by molar-refractivity contribution is 0.236. The molecule has 1 aromatic carbocycles. The number of rotatable bonds is 6. The van der Waals surface area contributed by atoms with Crippen LogP contribution >= 0.6 is 0 Å². The highest BCUT2D eigenvalue weighted by Crippen LogP contribution is 2.14. The summed E-state index contributed by atoms with van der Waals surface area (Å²) < 4.78 is 7.12. The van der Waals surface area contributed by atoms with E-state index in [0.29, 0.717) is 13.0 Å². The van der Waals surface area contributed by atoms with E-state index in [2.05, 4.69) is 15.7 Å². The quantitative estimate of drug-likeness (QED) is 0.725. The molecule has 2 aromatic heterocycles. The highest BCUT2D eigenvalue weighted by atomic mass is 16.3. The van der Waals surface area contributed by atoms with Gasteiger partial charge in [-0.2, -0.15) is 5.10 Å². The molecule has 2 amide bonds. The molecule has 2 heterocycles. The Balaban J connectivity index is 1.59. The molecule has 6 heteroatoms. The van der Waals surface area contributed by atoms with Crippen LogP contribution in [0.2, 0.25) is 0 Å². The summed E-state index contributed by atoms with van der Waals surface area (Å²) in [4.78, 5) is 12.0. The molecule has 6 nitrogen and oxygen atoms in total. The lowest BCUT2D eigenvalue weighted by Gasteiger charge is -2.15. The molecular formula is C19H22N4O2. The maximum atomic E-state index is 12.0. The summed E-state index contributed by atoms with van der Waals surface area (Å²) in [7, 11) is 0. The Morgan fingerprint density at radius 1 is 1.24 bits per heavy atom. The number of carbonyl (C=O) groups is 1. The molecule has 0 radical (unpaired) electrons. The van der Waals surface area contributed by atoms with Crippen molar-refractivity contribution in [3.05, 3.63) is 71.9 Å². The largest absolute Gasteiger partial charge is 0.467 e. The zero-order valence-corrected chi connectivity index (χ0v) is 14.4. The fraction of sp³-hybridized carbons (Fsp3) is 0.263. The van der Waals surface area contributed by atoms with Crippen LogP contribution < -0.4 is 10.6 Å². The molecule has 130 valence electrons. The van der Waals surface area contributed by atoms with Crippen molar-refractivity contribution in [1.82, 2.24) is 20.4 Å². The molecule has 3 aromatic rings. The van der Waals surface area contributed by atoms with E-state index in [-0.39, 0.29) is 12.1 Å². The summed E-state index contributed by atoms with van der Waals surface area (Å²) in [5.41, 5.74) is 3.02. The number of urea groups is 1. The van der Waals surface area contributed by atoms with Crippen molar-refractivity contribution in [3.63, 3.8) is 0 Å². The van der Waals surface area contributed by atoms with Gasteiger partial charge in [-0.15, -0.1) is 0 Å². The van der Waals surface area contributed by atoms with Crippen molar-refractivity contribution in [1.29, 1.82) is 0 Å². The van der Waals surface area contributed by atoms with Gasteiger partial charge in [0, 0.05) is 18.2 Å². The van der Waals surface area contributed by atoms with E-state index in [1.807, 2.05) is 61.0 Å². The van der Waals surface area contributed by atoms with Crippen LogP contribution in [0.5, 0.6) is 0 Å². The van der Waals surface area contributed by atoms with Crippen LogP contribution in [0.4, 0.5) is 4.79 Å². The van der Waals surface area contributed by atoms with Gasteiger partial charge in [-0.1, -0.05) is 18.2 Å². The summed E-state index contributed by atoms with van der Waals surface area (Å²) >= 11 is 0. The van der Waals surface area contributed by atoms with Crippen molar-refractivity contribution in [3.8, 4) is 5.69 Å². The molecule has 0 spiro atoms. The smallest absolute Gasteiger partial charge is 0.315 e. The summed E-state index contributed by atoms with van der Waals surface area (Å²) in [5.74, 6) is 0.723. The second-order valence-electron chi connectivity index (χ2n) is 6.04. The van der Waals surface area contributed by atoms with Gasteiger partial charge in [-0.25, -0.2) is 9.48 Å². The molecule has 0 saturated carbocycles. The number of amides is 2. The number of hydrogen-bond donors (Lipinski definition) is 2. The third-order valence-corrected chi connectivity index (χ3v) is 3.80. The number of hydrogen-bond acceptors (Lipinski definition) is 3. The van der Waals surface area contributed by atoms with Crippen molar-refractivity contribution in [2.45, 2.75) is 32.9 Å². The summed E-state index contributed by atoms with van der Waals surface area (Å²) in [6, 6.07) is 15.4. The van der Waals surface area contributed by atoms with Gasteiger partial charge >= 0.3 is 6.03 Å². The highest BCUT2D eigenvalue weighted by Gasteiger charge is 2.13. The molecule has 0 aliphatic heterocycles. The Morgan fingerprint density at radius 2 is 2.04 bits per heavy atom. The minimum Gasteiger partial charge on any atom is -0.467 e. The zero-order valence-electron chi connectivity index (χ0n) is 14.4. The van der Waals surface area contributed by atoms with Crippen molar-refractivity contribution < 1.29 is 9.21 Å². The maximum Gasteiger partial charge on any atom is 0.315 e. The fourth-order valence-electron chi connectivity index (χ4n) is 2.71. The highest BCUT2D eigenvalue weighted by molar-refractivity contribution is 5.74. The third kappa shape index (κ3) is 4.50. The Labute approximate surface area is 146 Å². The molecular weight excluding hydrogens is 316 g/mol. The third-order valence-electron chi connectivity index (χ3n) is 3.80. The Morgan fingerprint density at radius 3 is 2.76 bits per heavy atom. The first kappa shape index (κ1) is 16.8. The number of nitrogens with zero attached hydrogens (tertiary/aromatic N) is 2. The van der Waals surface area contributed by atoms with Gasteiger partial charge < -0.3 is 15.1 Å². The van der Waals surface area contributed by atoms with Crippen LogP contribution in [-0.2, 0) is 13.0 Å². The van der Waals surface area contributed by atoms with Gasteiger partial charge in [0.15, 0.2) is 0 Å². The predicted octanol–water partition coefficient (Wildman–Crippen LogP) is 3.20. The Kier molecular flexibility index (Phi) is 5.18. The molecule has 0 aliphatic carbocycles. The first-order valence-corrected chi connectivity index (χ1v) is 8.29. The van der Waals surface area contributed by atoms with Crippen LogP contribution in [0.25, 0.3) is 5.69 Å². The lowest BCUT2D eigenvalue weighted by atomic mass is 10.1. The van der Waals surface area contributed by atoms with Crippen LogP contribution in [0.1, 0.15) is 24.1 Å². The summed E-state index contributed by atoms with van der Waals surface area (Å²) in [6.07, 6.45) is 2.27. The lowest BCUT2D eigenvalue weighted by Crippen LogP contribution is -2.41. The number of aryl methyl sites for hydroxylation is 1. The topological polar surface area (TPSA) is 72.1 Å². The molecule has 2 N–H and O–H groups in total. The molecule has 0 saturated heterocycles. The number of nitrogens with one attached hydrogen (secondary N) is 2. The first-order valence-electron chi connectivity index (χ1n) is 8.29. The molecule has 3 rings (SSSR count). The van der Waals surface area contributed by atoms with E-state index in [1.54, 1.807) is 12.3 Å². The number of benzene rings is 1.